The number of hydrogen-bond donors (Lipinski definition) is 2. The molecule has 0 aliphatic carbocycles. The van der Waals surface area contributed by atoms with Gasteiger partial charge in [0, 0.05) is 23.7 Å². The zero-order valence-corrected chi connectivity index (χ0v) is 18.3. The Labute approximate surface area is 192 Å². The van der Waals surface area contributed by atoms with E-state index in [0.717, 1.165) is 10.9 Å². The molecule has 0 unspecified atom stereocenters. The number of carbonyl (C=O) groups excluding carboxylic acids is 2. The molecule has 164 valence electrons. The third kappa shape index (κ3) is 4.28. The minimum atomic E-state index is -0.197. The van der Waals surface area contributed by atoms with Gasteiger partial charge in [-0.05, 0) is 48.5 Å². The lowest BCUT2D eigenvalue weighted by atomic mass is 10.2. The van der Waals surface area contributed by atoms with Gasteiger partial charge in [-0.25, -0.2) is 4.98 Å². The minimum absolute atomic E-state index is 0.124. The van der Waals surface area contributed by atoms with E-state index >= 15 is 0 Å². The number of rotatable bonds is 6. The van der Waals surface area contributed by atoms with Gasteiger partial charge in [-0.15, -0.1) is 10.2 Å². The van der Waals surface area contributed by atoms with Crippen molar-refractivity contribution < 1.29 is 14.0 Å². The molecule has 3 aromatic heterocycles. The number of nitrogens with zero attached hydrogens (tertiary/aromatic N) is 4. The zero-order chi connectivity index (χ0) is 22.8. The van der Waals surface area contributed by atoms with Crippen LogP contribution in [-0.2, 0) is 9.59 Å². The van der Waals surface area contributed by atoms with Gasteiger partial charge < -0.3 is 15.1 Å². The predicted octanol–water partition coefficient (Wildman–Crippen LogP) is 4.23. The van der Waals surface area contributed by atoms with Crippen LogP contribution in [0.2, 0.25) is 0 Å². The van der Waals surface area contributed by atoms with E-state index in [0.29, 0.717) is 33.8 Å². The SMILES string of the molecule is CC(=O)Nc1ccc(NC(=O)CSc2nnc3c4ccccc4nc(-c4ccco4)n23)cc1. The fraction of sp³-hybridized carbons (Fsp3) is 0.0870. The van der Waals surface area contributed by atoms with Gasteiger partial charge in [-0.3, -0.25) is 14.0 Å². The second-order valence-electron chi connectivity index (χ2n) is 7.17. The normalized spacial score (nSPS) is 11.1. The molecule has 0 saturated carbocycles. The van der Waals surface area contributed by atoms with Gasteiger partial charge in [0.1, 0.15) is 0 Å². The molecule has 3 heterocycles. The Bertz CT molecular complexity index is 1460. The van der Waals surface area contributed by atoms with Gasteiger partial charge in [0.05, 0.1) is 17.5 Å². The number of carbonyl (C=O) groups is 2. The van der Waals surface area contributed by atoms with Gasteiger partial charge in [0.25, 0.3) is 0 Å². The summed E-state index contributed by atoms with van der Waals surface area (Å²) in [4.78, 5) is 28.4. The fourth-order valence-electron chi connectivity index (χ4n) is 3.39. The molecule has 2 N–H and O–H groups in total. The third-order valence-electron chi connectivity index (χ3n) is 4.78. The summed E-state index contributed by atoms with van der Waals surface area (Å²) in [6.07, 6.45) is 1.58. The first kappa shape index (κ1) is 20.7. The molecule has 0 spiro atoms. The molecular weight excluding hydrogens is 440 g/mol. The zero-order valence-electron chi connectivity index (χ0n) is 17.5. The molecule has 0 radical (unpaired) electrons. The maximum atomic E-state index is 12.5. The average molecular weight is 459 g/mol. The highest BCUT2D eigenvalue weighted by atomic mass is 32.2. The molecule has 0 atom stereocenters. The largest absolute Gasteiger partial charge is 0.461 e. The van der Waals surface area contributed by atoms with Gasteiger partial charge in [0.2, 0.25) is 11.8 Å². The molecule has 0 saturated heterocycles. The van der Waals surface area contributed by atoms with Crippen LogP contribution in [0, 0.1) is 0 Å². The van der Waals surface area contributed by atoms with Crippen LogP contribution in [0.15, 0.2) is 76.5 Å². The van der Waals surface area contributed by atoms with Crippen molar-refractivity contribution in [2.24, 2.45) is 0 Å². The Morgan fingerprint density at radius 3 is 2.45 bits per heavy atom. The fourth-order valence-corrected chi connectivity index (χ4v) is 4.12. The van der Waals surface area contributed by atoms with Crippen LogP contribution in [0.3, 0.4) is 0 Å². The number of thioether (sulfide) groups is 1. The maximum absolute atomic E-state index is 12.5. The van der Waals surface area contributed by atoms with Crippen molar-refractivity contribution in [3.63, 3.8) is 0 Å². The summed E-state index contributed by atoms with van der Waals surface area (Å²) in [6, 6.07) is 18.2. The molecule has 2 aromatic carbocycles. The van der Waals surface area contributed by atoms with E-state index in [1.54, 1.807) is 41.0 Å². The highest BCUT2D eigenvalue weighted by molar-refractivity contribution is 7.99. The number of furan rings is 1. The van der Waals surface area contributed by atoms with Crippen LogP contribution in [0.5, 0.6) is 0 Å². The van der Waals surface area contributed by atoms with Crippen molar-refractivity contribution in [1.29, 1.82) is 0 Å². The molecule has 0 fully saturated rings. The second kappa shape index (κ2) is 8.75. The van der Waals surface area contributed by atoms with Crippen LogP contribution in [0.4, 0.5) is 11.4 Å². The highest BCUT2D eigenvalue weighted by Gasteiger charge is 2.19. The van der Waals surface area contributed by atoms with Crippen molar-refractivity contribution in [3.8, 4) is 11.6 Å². The van der Waals surface area contributed by atoms with Crippen LogP contribution in [0.25, 0.3) is 28.1 Å². The number of nitrogens with one attached hydrogen (secondary N) is 2. The Hall–Kier alpha value is -4.18. The van der Waals surface area contributed by atoms with Crippen molar-refractivity contribution in [2.75, 3.05) is 16.4 Å². The monoisotopic (exact) mass is 458 g/mol. The number of benzene rings is 2. The van der Waals surface area contributed by atoms with Crippen molar-refractivity contribution in [1.82, 2.24) is 19.6 Å². The van der Waals surface area contributed by atoms with Crippen molar-refractivity contribution in [3.05, 3.63) is 66.9 Å². The molecule has 2 amide bonds. The molecule has 0 bridgehead atoms. The topological polar surface area (TPSA) is 114 Å². The van der Waals surface area contributed by atoms with Gasteiger partial charge in [0.15, 0.2) is 22.4 Å². The van der Waals surface area contributed by atoms with Crippen molar-refractivity contribution in [2.45, 2.75) is 12.1 Å². The lowest BCUT2D eigenvalue weighted by Crippen LogP contribution is -2.14. The first-order valence-electron chi connectivity index (χ1n) is 10.1. The summed E-state index contributed by atoms with van der Waals surface area (Å²) in [5.41, 5.74) is 2.71. The van der Waals surface area contributed by atoms with Gasteiger partial charge >= 0.3 is 0 Å². The van der Waals surface area contributed by atoms with E-state index in [2.05, 4.69) is 20.8 Å². The lowest BCUT2D eigenvalue weighted by molar-refractivity contribution is -0.114. The van der Waals surface area contributed by atoms with Crippen LogP contribution < -0.4 is 10.6 Å². The number of para-hydroxylation sites is 1. The summed E-state index contributed by atoms with van der Waals surface area (Å²) in [5.74, 6) is 0.919. The molecule has 33 heavy (non-hydrogen) atoms. The van der Waals surface area contributed by atoms with E-state index in [1.165, 1.54) is 18.7 Å². The summed E-state index contributed by atoms with van der Waals surface area (Å²) in [7, 11) is 0. The second-order valence-corrected chi connectivity index (χ2v) is 8.11. The Morgan fingerprint density at radius 1 is 0.970 bits per heavy atom. The van der Waals surface area contributed by atoms with E-state index in [-0.39, 0.29) is 17.6 Å². The minimum Gasteiger partial charge on any atom is -0.461 e. The van der Waals surface area contributed by atoms with Crippen molar-refractivity contribution >= 4 is 51.5 Å². The summed E-state index contributed by atoms with van der Waals surface area (Å²) in [6.45, 7) is 1.44. The number of anilines is 2. The quantitative estimate of drug-likeness (QED) is 0.366. The summed E-state index contributed by atoms with van der Waals surface area (Å²) in [5, 5.41) is 15.6. The number of hydrogen-bond acceptors (Lipinski definition) is 7. The molecule has 5 aromatic rings. The number of aromatic nitrogens is 4. The first-order chi connectivity index (χ1) is 16.1. The molecule has 5 rings (SSSR count). The van der Waals surface area contributed by atoms with E-state index in [4.69, 9.17) is 9.40 Å². The molecule has 9 nitrogen and oxygen atoms in total. The predicted molar refractivity (Wildman–Crippen MR) is 126 cm³/mol. The van der Waals surface area contributed by atoms with Gasteiger partial charge in [-0.1, -0.05) is 23.9 Å². The number of fused-ring (bicyclic) bond motifs is 3. The Morgan fingerprint density at radius 2 is 1.73 bits per heavy atom. The van der Waals surface area contributed by atoms with Crippen LogP contribution in [-0.4, -0.2) is 37.1 Å². The van der Waals surface area contributed by atoms with Crippen LogP contribution in [0.1, 0.15) is 6.92 Å². The Balaban J connectivity index is 1.39. The lowest BCUT2D eigenvalue weighted by Gasteiger charge is -2.08. The molecule has 0 aliphatic heterocycles. The van der Waals surface area contributed by atoms with E-state index in [1.807, 2.05) is 30.3 Å². The third-order valence-corrected chi connectivity index (χ3v) is 5.71. The number of amides is 2. The smallest absolute Gasteiger partial charge is 0.234 e. The summed E-state index contributed by atoms with van der Waals surface area (Å²) >= 11 is 1.25. The Kier molecular flexibility index (Phi) is 5.49. The average Bonchev–Trinajstić information content (AvgIpc) is 3.49. The van der Waals surface area contributed by atoms with E-state index < -0.39 is 0 Å². The summed E-state index contributed by atoms with van der Waals surface area (Å²) < 4.78 is 7.39. The molecule has 10 heteroatoms. The highest BCUT2D eigenvalue weighted by Crippen LogP contribution is 2.29. The molecular formula is C23H18N6O3S. The first-order valence-corrected chi connectivity index (χ1v) is 11.0. The maximum Gasteiger partial charge on any atom is 0.234 e. The van der Waals surface area contributed by atoms with Gasteiger partial charge in [-0.2, -0.15) is 0 Å². The molecule has 0 aliphatic rings. The van der Waals surface area contributed by atoms with Crippen LogP contribution >= 0.6 is 11.8 Å². The standard InChI is InChI=1S/C23H18N6O3S/c1-14(30)24-15-8-10-16(11-9-15)25-20(31)13-33-23-28-27-21-17-5-2-3-6-18(17)26-22(29(21)23)19-7-4-12-32-19/h2-12H,13H2,1H3,(H,24,30)(H,25,31). The van der Waals surface area contributed by atoms with E-state index in [9.17, 15) is 9.59 Å².